The fourth-order valence-electron chi connectivity index (χ4n) is 3.36. The number of fused-ring (bicyclic) bond motifs is 2. The lowest BCUT2D eigenvalue weighted by Crippen LogP contribution is -2.31. The fraction of sp³-hybridized carbons (Fsp3) is 0.471. The molecule has 2 aliphatic rings. The van der Waals surface area contributed by atoms with Gasteiger partial charge in [0.25, 0.3) is 0 Å². The molecule has 0 aromatic heterocycles. The lowest BCUT2D eigenvalue weighted by atomic mass is 9.88. The van der Waals surface area contributed by atoms with E-state index >= 15 is 0 Å². The molecule has 2 unspecified atom stereocenters. The summed E-state index contributed by atoms with van der Waals surface area (Å²) in [5.41, 5.74) is 3.78. The average Bonchev–Trinajstić information content (AvgIpc) is 2.83. The quantitative estimate of drug-likeness (QED) is 0.653. The monoisotopic (exact) mass is 355 g/mol. The number of ether oxygens (including phenoxy) is 1. The van der Waals surface area contributed by atoms with Gasteiger partial charge in [0, 0.05) is 12.0 Å². The number of rotatable bonds is 4. The summed E-state index contributed by atoms with van der Waals surface area (Å²) < 4.78 is 5.95. The topological polar surface area (TPSA) is 51.0 Å². The minimum Gasteiger partial charge on any atom is -0.399 e. The predicted molar refractivity (Wildman–Crippen MR) is 92.0 cm³/mol. The van der Waals surface area contributed by atoms with Crippen molar-refractivity contribution >= 4 is 34.5 Å². The van der Waals surface area contributed by atoms with Crippen molar-refractivity contribution in [2.45, 2.75) is 44.5 Å². The normalized spacial score (nSPS) is 27.5. The van der Waals surface area contributed by atoms with E-state index in [0.717, 1.165) is 22.4 Å². The van der Waals surface area contributed by atoms with Crippen molar-refractivity contribution < 1.29 is 14.7 Å². The Morgan fingerprint density at radius 3 is 2.83 bits per heavy atom. The van der Waals surface area contributed by atoms with Gasteiger partial charge >= 0.3 is 0 Å². The Morgan fingerprint density at radius 1 is 1.39 bits per heavy atom. The van der Waals surface area contributed by atoms with Crippen LogP contribution in [0, 0.1) is 0 Å². The van der Waals surface area contributed by atoms with Crippen molar-refractivity contribution in [2.24, 2.45) is 5.16 Å². The van der Waals surface area contributed by atoms with Gasteiger partial charge in [0.15, 0.2) is 0 Å². The van der Waals surface area contributed by atoms with Crippen LogP contribution in [0.25, 0.3) is 5.57 Å². The van der Waals surface area contributed by atoms with Gasteiger partial charge in [0.05, 0.1) is 28.0 Å². The number of hydrogen-bond donors (Lipinski definition) is 1. The molecule has 0 radical (unpaired) electrons. The number of halogens is 2. The minimum absolute atomic E-state index is 0.0175. The Bertz CT molecular complexity index is 672. The average molecular weight is 356 g/mol. The minimum atomic E-state index is -0.524. The highest BCUT2D eigenvalue weighted by Gasteiger charge is 2.43. The maximum absolute atomic E-state index is 10.3. The summed E-state index contributed by atoms with van der Waals surface area (Å²) in [5, 5.41) is 15.5. The molecule has 4 nitrogen and oxygen atoms in total. The summed E-state index contributed by atoms with van der Waals surface area (Å²) in [6.45, 7) is 2.00. The Morgan fingerprint density at radius 2 is 2.17 bits per heavy atom. The van der Waals surface area contributed by atoms with Crippen LogP contribution < -0.4 is 0 Å². The molecule has 1 aromatic carbocycles. The van der Waals surface area contributed by atoms with Crippen LogP contribution in [-0.2, 0) is 9.57 Å². The maximum atomic E-state index is 10.3. The molecule has 1 aromatic rings. The molecule has 0 amide bonds. The Balaban J connectivity index is 2.16. The second-order valence-corrected chi connectivity index (χ2v) is 6.60. The zero-order valence-corrected chi connectivity index (χ0v) is 14.6. The molecule has 124 valence electrons. The third-order valence-electron chi connectivity index (χ3n) is 4.35. The van der Waals surface area contributed by atoms with Gasteiger partial charge in [-0.25, -0.2) is 0 Å². The molecule has 23 heavy (non-hydrogen) atoms. The third kappa shape index (κ3) is 3.13. The molecule has 2 bridgehead atoms. The van der Waals surface area contributed by atoms with Crippen LogP contribution in [0.5, 0.6) is 0 Å². The molecule has 1 fully saturated rings. The number of aliphatic hydroxyl groups is 1. The van der Waals surface area contributed by atoms with E-state index in [9.17, 15) is 5.11 Å². The molecular weight excluding hydrogens is 337 g/mol. The van der Waals surface area contributed by atoms with Gasteiger partial charge in [-0.1, -0.05) is 41.3 Å². The van der Waals surface area contributed by atoms with Gasteiger partial charge in [-0.05, 0) is 36.1 Å². The highest BCUT2D eigenvalue weighted by Crippen LogP contribution is 2.43. The number of nitrogens with zero attached hydrogens (tertiary/aromatic N) is 1. The van der Waals surface area contributed by atoms with E-state index in [0.29, 0.717) is 29.3 Å². The highest BCUT2D eigenvalue weighted by molar-refractivity contribution is 6.42. The van der Waals surface area contributed by atoms with Crippen molar-refractivity contribution in [3.63, 3.8) is 0 Å². The van der Waals surface area contributed by atoms with E-state index in [1.165, 1.54) is 7.11 Å². The van der Waals surface area contributed by atoms with Crippen LogP contribution in [0.4, 0.5) is 0 Å². The first kappa shape index (κ1) is 16.8. The van der Waals surface area contributed by atoms with Crippen LogP contribution in [0.3, 0.4) is 0 Å². The van der Waals surface area contributed by atoms with E-state index in [4.69, 9.17) is 32.8 Å². The van der Waals surface area contributed by atoms with Gasteiger partial charge in [0.1, 0.15) is 13.2 Å². The second-order valence-electron chi connectivity index (χ2n) is 5.78. The standard InChI is InChI=1S/C17H19Cl2NO3/c1-3-14(20-22-2)16-11(7-10-8-15(21)17(16)23-10)9-4-5-12(18)13(19)6-9/h4-6,10,15,17,21H,3,7-8H2,1-2H3/t10?,15?,17-/m1/s1. The van der Waals surface area contributed by atoms with Crippen LogP contribution in [-0.4, -0.2) is 36.2 Å². The van der Waals surface area contributed by atoms with Crippen molar-refractivity contribution in [3.05, 3.63) is 39.4 Å². The highest BCUT2D eigenvalue weighted by atomic mass is 35.5. The van der Waals surface area contributed by atoms with E-state index in [1.807, 2.05) is 19.1 Å². The second kappa shape index (κ2) is 6.81. The molecule has 0 saturated carbocycles. The summed E-state index contributed by atoms with van der Waals surface area (Å²) in [7, 11) is 1.52. The maximum Gasteiger partial charge on any atom is 0.111 e. The number of oxime groups is 1. The lowest BCUT2D eigenvalue weighted by Gasteiger charge is -2.28. The number of hydrogen-bond acceptors (Lipinski definition) is 4. The van der Waals surface area contributed by atoms with E-state index < -0.39 is 6.10 Å². The predicted octanol–water partition coefficient (Wildman–Crippen LogP) is 4.08. The molecule has 2 aliphatic heterocycles. The Kier molecular flexibility index (Phi) is 4.97. The van der Waals surface area contributed by atoms with Gasteiger partial charge in [-0.2, -0.15) is 0 Å². The molecule has 0 aliphatic carbocycles. The smallest absolute Gasteiger partial charge is 0.111 e. The van der Waals surface area contributed by atoms with Gasteiger partial charge in [-0.3, -0.25) is 0 Å². The van der Waals surface area contributed by atoms with Crippen LogP contribution in [0.15, 0.2) is 28.9 Å². The zero-order chi connectivity index (χ0) is 16.6. The van der Waals surface area contributed by atoms with Gasteiger partial charge < -0.3 is 14.7 Å². The summed E-state index contributed by atoms with van der Waals surface area (Å²) in [5.74, 6) is 0. The third-order valence-corrected chi connectivity index (χ3v) is 5.09. The van der Waals surface area contributed by atoms with Crippen molar-refractivity contribution in [1.82, 2.24) is 0 Å². The summed E-state index contributed by atoms with van der Waals surface area (Å²) in [4.78, 5) is 4.99. The Labute approximate surface area is 145 Å². The SMILES string of the molecule is CCC(=NOC)C1=C(c2ccc(Cl)c(Cl)c2)CC2CC(O)[C@H]1O2. The molecule has 2 heterocycles. The van der Waals surface area contributed by atoms with E-state index in [-0.39, 0.29) is 12.2 Å². The zero-order valence-electron chi connectivity index (χ0n) is 13.1. The van der Waals surface area contributed by atoms with E-state index in [1.54, 1.807) is 6.07 Å². The summed E-state index contributed by atoms with van der Waals surface area (Å²) >= 11 is 12.2. The molecule has 3 rings (SSSR count). The Hall–Kier alpha value is -1.07. The molecule has 1 saturated heterocycles. The summed E-state index contributed by atoms with van der Waals surface area (Å²) in [6, 6.07) is 5.59. The van der Waals surface area contributed by atoms with Crippen molar-refractivity contribution in [1.29, 1.82) is 0 Å². The van der Waals surface area contributed by atoms with Crippen LogP contribution in [0.2, 0.25) is 10.0 Å². The molecule has 0 spiro atoms. The first-order valence-corrected chi connectivity index (χ1v) is 8.43. The molecule has 1 N–H and O–H groups in total. The van der Waals surface area contributed by atoms with Crippen LogP contribution in [0.1, 0.15) is 31.7 Å². The fourth-order valence-corrected chi connectivity index (χ4v) is 3.66. The van der Waals surface area contributed by atoms with Gasteiger partial charge in [0.2, 0.25) is 0 Å². The van der Waals surface area contributed by atoms with Crippen molar-refractivity contribution in [2.75, 3.05) is 7.11 Å². The number of aliphatic hydroxyl groups excluding tert-OH is 1. The van der Waals surface area contributed by atoms with Gasteiger partial charge in [-0.15, -0.1) is 0 Å². The van der Waals surface area contributed by atoms with Crippen LogP contribution >= 0.6 is 23.2 Å². The molecular formula is C17H19Cl2NO3. The first-order chi connectivity index (χ1) is 11.0. The van der Waals surface area contributed by atoms with Crippen molar-refractivity contribution in [3.8, 4) is 0 Å². The summed E-state index contributed by atoms with van der Waals surface area (Å²) in [6.07, 6.45) is 1.15. The molecule has 3 atom stereocenters. The first-order valence-electron chi connectivity index (χ1n) is 7.67. The largest absolute Gasteiger partial charge is 0.399 e. The van der Waals surface area contributed by atoms with E-state index in [2.05, 4.69) is 5.16 Å². The molecule has 6 heteroatoms. The lowest BCUT2D eigenvalue weighted by molar-refractivity contribution is 0.0313. The number of benzene rings is 1.